The van der Waals surface area contributed by atoms with Crippen molar-refractivity contribution in [2.75, 3.05) is 14.1 Å². The van der Waals surface area contributed by atoms with Crippen LogP contribution in [0.5, 0.6) is 0 Å². The van der Waals surface area contributed by atoms with E-state index in [1.807, 2.05) is 0 Å². The third-order valence-electron chi connectivity index (χ3n) is 6.38. The van der Waals surface area contributed by atoms with Crippen molar-refractivity contribution in [1.29, 1.82) is 0 Å². The molecule has 0 spiro atoms. The first kappa shape index (κ1) is 18.3. The van der Waals surface area contributed by atoms with Gasteiger partial charge in [-0.25, -0.2) is 12.7 Å². The van der Waals surface area contributed by atoms with E-state index in [1.165, 1.54) is 51.6 Å². The van der Waals surface area contributed by atoms with Gasteiger partial charge in [0.2, 0.25) is 10.0 Å². The van der Waals surface area contributed by atoms with Crippen molar-refractivity contribution >= 4 is 27.5 Å². The summed E-state index contributed by atoms with van der Waals surface area (Å²) < 4.78 is 25.9. The number of nitrogens with one attached hydrogen (secondary N) is 1. The smallest absolute Gasteiger partial charge is 0.253 e. The minimum atomic E-state index is -3.61. The molecule has 1 amide bonds. The molecule has 4 aliphatic rings. The molecular formula is C19H25ClN2O3S. The van der Waals surface area contributed by atoms with Crippen LogP contribution in [0.25, 0.3) is 0 Å². The Balaban J connectivity index is 1.61. The molecular weight excluding hydrogens is 372 g/mol. The highest BCUT2D eigenvalue weighted by molar-refractivity contribution is 7.89. The van der Waals surface area contributed by atoms with Gasteiger partial charge in [-0.3, -0.25) is 4.79 Å². The number of benzene rings is 1. The predicted molar refractivity (Wildman–Crippen MR) is 101 cm³/mol. The van der Waals surface area contributed by atoms with Crippen LogP contribution in [-0.4, -0.2) is 38.3 Å². The van der Waals surface area contributed by atoms with Gasteiger partial charge in [0.1, 0.15) is 0 Å². The van der Waals surface area contributed by atoms with E-state index in [-0.39, 0.29) is 26.9 Å². The summed E-state index contributed by atoms with van der Waals surface area (Å²) in [5.41, 5.74) is 0.108. The molecule has 4 saturated carbocycles. The molecule has 0 unspecified atom stereocenters. The first-order valence-electron chi connectivity index (χ1n) is 9.23. The quantitative estimate of drug-likeness (QED) is 0.849. The zero-order valence-corrected chi connectivity index (χ0v) is 16.7. The van der Waals surface area contributed by atoms with Gasteiger partial charge in [0.15, 0.2) is 0 Å². The van der Waals surface area contributed by atoms with Crippen molar-refractivity contribution in [2.24, 2.45) is 17.8 Å². The van der Waals surface area contributed by atoms with Crippen molar-refractivity contribution in [3.63, 3.8) is 0 Å². The van der Waals surface area contributed by atoms with Gasteiger partial charge >= 0.3 is 0 Å². The summed E-state index contributed by atoms with van der Waals surface area (Å²) in [6.45, 7) is 0. The van der Waals surface area contributed by atoms with Gasteiger partial charge in [0.25, 0.3) is 5.91 Å². The molecule has 0 radical (unpaired) electrons. The molecule has 4 aliphatic carbocycles. The maximum Gasteiger partial charge on any atom is 0.253 e. The van der Waals surface area contributed by atoms with Crippen LogP contribution >= 0.6 is 11.6 Å². The second-order valence-corrected chi connectivity index (χ2v) is 11.1. The first-order valence-corrected chi connectivity index (χ1v) is 11.0. The Labute approximate surface area is 160 Å². The Morgan fingerprint density at radius 3 is 2.15 bits per heavy atom. The highest BCUT2D eigenvalue weighted by Crippen LogP contribution is 2.55. The summed E-state index contributed by atoms with van der Waals surface area (Å²) in [7, 11) is -0.665. The zero-order chi connectivity index (χ0) is 18.7. The third-order valence-corrected chi connectivity index (χ3v) is 8.52. The fourth-order valence-electron chi connectivity index (χ4n) is 5.62. The average molecular weight is 397 g/mol. The molecule has 0 heterocycles. The summed E-state index contributed by atoms with van der Waals surface area (Å²) in [5, 5.41) is 3.54. The van der Waals surface area contributed by atoms with Crippen molar-refractivity contribution in [3.8, 4) is 0 Å². The van der Waals surface area contributed by atoms with Crippen LogP contribution in [0.1, 0.15) is 48.9 Å². The van der Waals surface area contributed by atoms with E-state index in [0.717, 1.165) is 41.3 Å². The van der Waals surface area contributed by atoms with Crippen LogP contribution < -0.4 is 5.32 Å². The number of carbonyl (C=O) groups is 1. The summed E-state index contributed by atoms with van der Waals surface area (Å²) in [4.78, 5) is 13.1. The Bertz CT molecular complexity index is 815. The summed E-state index contributed by atoms with van der Waals surface area (Å²) in [6, 6.07) is 4.33. The fraction of sp³-hybridized carbons (Fsp3) is 0.632. The second-order valence-electron chi connectivity index (χ2n) is 8.58. The lowest BCUT2D eigenvalue weighted by Gasteiger charge is -2.56. The van der Waals surface area contributed by atoms with Crippen LogP contribution in [0.15, 0.2) is 23.1 Å². The maximum absolute atomic E-state index is 13.0. The molecule has 142 valence electrons. The van der Waals surface area contributed by atoms with Crippen molar-refractivity contribution < 1.29 is 13.2 Å². The molecule has 0 aliphatic heterocycles. The largest absolute Gasteiger partial charge is 0.347 e. The molecule has 4 fully saturated rings. The van der Waals surface area contributed by atoms with E-state index in [9.17, 15) is 13.2 Å². The molecule has 7 heteroatoms. The van der Waals surface area contributed by atoms with Crippen molar-refractivity contribution in [3.05, 3.63) is 28.8 Å². The monoisotopic (exact) mass is 396 g/mol. The van der Waals surface area contributed by atoms with E-state index in [2.05, 4.69) is 5.32 Å². The topological polar surface area (TPSA) is 66.5 Å². The predicted octanol–water partition coefficient (Wildman–Crippen LogP) is 3.29. The van der Waals surface area contributed by atoms with Gasteiger partial charge in [0, 0.05) is 19.6 Å². The van der Waals surface area contributed by atoms with E-state index < -0.39 is 10.0 Å². The highest BCUT2D eigenvalue weighted by atomic mass is 35.5. The minimum absolute atomic E-state index is 0.0857. The van der Waals surface area contributed by atoms with Gasteiger partial charge in [-0.05, 0) is 74.5 Å². The number of amides is 1. The van der Waals surface area contributed by atoms with Crippen LogP contribution in [0, 0.1) is 17.8 Å². The zero-order valence-electron chi connectivity index (χ0n) is 15.2. The maximum atomic E-state index is 13.0. The van der Waals surface area contributed by atoms with Gasteiger partial charge in [0.05, 0.1) is 15.5 Å². The number of sulfonamides is 1. The highest BCUT2D eigenvalue weighted by Gasteiger charge is 2.51. The summed E-state index contributed by atoms with van der Waals surface area (Å²) in [5.74, 6) is 1.90. The van der Waals surface area contributed by atoms with Crippen LogP contribution in [0.2, 0.25) is 5.02 Å². The minimum Gasteiger partial charge on any atom is -0.347 e. The van der Waals surface area contributed by atoms with E-state index >= 15 is 0 Å². The van der Waals surface area contributed by atoms with Gasteiger partial charge in [-0.2, -0.15) is 0 Å². The van der Waals surface area contributed by atoms with E-state index in [4.69, 9.17) is 11.6 Å². The SMILES string of the molecule is CN(C)S(=O)(=O)c1ccc(Cl)c(C(=O)NC23CC4CC(CC(C4)C2)C3)c1. The Hall–Kier alpha value is -1.11. The normalized spacial score (nSPS) is 32.8. The third kappa shape index (κ3) is 3.06. The number of rotatable bonds is 4. The lowest BCUT2D eigenvalue weighted by molar-refractivity contribution is -0.0167. The molecule has 1 N–H and O–H groups in total. The molecule has 0 aromatic heterocycles. The van der Waals surface area contributed by atoms with Crippen LogP contribution in [0.3, 0.4) is 0 Å². The van der Waals surface area contributed by atoms with E-state index in [0.29, 0.717) is 0 Å². The molecule has 1 aromatic carbocycles. The molecule has 0 saturated heterocycles. The van der Waals surface area contributed by atoms with Crippen molar-refractivity contribution in [2.45, 2.75) is 49.0 Å². The molecule has 4 bridgehead atoms. The Kier molecular flexibility index (Phi) is 4.36. The lowest BCUT2D eigenvalue weighted by Crippen LogP contribution is -2.59. The van der Waals surface area contributed by atoms with E-state index in [1.54, 1.807) is 0 Å². The number of carbonyl (C=O) groups excluding carboxylic acids is 1. The summed E-state index contributed by atoms with van der Waals surface area (Å²) >= 11 is 6.24. The first-order chi connectivity index (χ1) is 12.2. The lowest BCUT2D eigenvalue weighted by atomic mass is 9.53. The molecule has 5 nitrogen and oxygen atoms in total. The number of hydrogen-bond donors (Lipinski definition) is 1. The standard InChI is InChI=1S/C19H25ClN2O3S/c1-22(2)26(24,25)15-3-4-17(20)16(8-15)18(23)21-19-9-12-5-13(10-19)7-14(6-12)11-19/h3-4,8,12-14H,5-7,9-11H2,1-2H3,(H,21,23). The number of halogens is 1. The molecule has 26 heavy (non-hydrogen) atoms. The van der Waals surface area contributed by atoms with Crippen LogP contribution in [-0.2, 0) is 10.0 Å². The average Bonchev–Trinajstić information content (AvgIpc) is 2.52. The molecule has 0 atom stereocenters. The second kappa shape index (κ2) is 6.21. The molecule has 1 aromatic rings. The van der Waals surface area contributed by atoms with Crippen LogP contribution in [0.4, 0.5) is 0 Å². The Morgan fingerprint density at radius 1 is 1.12 bits per heavy atom. The van der Waals surface area contributed by atoms with Gasteiger partial charge in [-0.1, -0.05) is 11.6 Å². The Morgan fingerprint density at radius 2 is 1.65 bits per heavy atom. The fourth-order valence-corrected chi connectivity index (χ4v) is 6.75. The number of nitrogens with zero attached hydrogens (tertiary/aromatic N) is 1. The summed E-state index contributed by atoms with van der Waals surface area (Å²) in [6.07, 6.45) is 7.01. The number of hydrogen-bond acceptors (Lipinski definition) is 3. The van der Waals surface area contributed by atoms with Gasteiger partial charge in [-0.15, -0.1) is 0 Å². The van der Waals surface area contributed by atoms with Crippen molar-refractivity contribution in [1.82, 2.24) is 9.62 Å². The molecule has 5 rings (SSSR count). The van der Waals surface area contributed by atoms with Gasteiger partial charge < -0.3 is 5.32 Å².